The van der Waals surface area contributed by atoms with Crippen LogP contribution in [0.25, 0.3) is 0 Å². The molecule has 0 aliphatic heterocycles. The minimum absolute atomic E-state index is 0.0721. The van der Waals surface area contributed by atoms with Gasteiger partial charge >= 0.3 is 0 Å². The Hall–Kier alpha value is -0.910. The highest BCUT2D eigenvalue weighted by molar-refractivity contribution is 5.20. The number of rotatable bonds is 7. The van der Waals surface area contributed by atoms with Crippen LogP contribution in [0.5, 0.6) is 0 Å². The van der Waals surface area contributed by atoms with Crippen molar-refractivity contribution >= 4 is 0 Å². The number of aliphatic hydroxyl groups is 2. The van der Waals surface area contributed by atoms with Crippen molar-refractivity contribution < 1.29 is 10.2 Å². The van der Waals surface area contributed by atoms with E-state index in [4.69, 9.17) is 0 Å². The third-order valence-electron chi connectivity index (χ3n) is 3.42. The first kappa shape index (κ1) is 15.1. The molecule has 1 heterocycles. The van der Waals surface area contributed by atoms with Gasteiger partial charge in [-0.3, -0.25) is 4.68 Å². The van der Waals surface area contributed by atoms with E-state index in [-0.39, 0.29) is 13.2 Å². The number of hydrogen-bond acceptors (Lipinski definition) is 4. The molecule has 18 heavy (non-hydrogen) atoms. The molecular weight excluding hydrogens is 230 g/mol. The molecule has 0 amide bonds. The van der Waals surface area contributed by atoms with Crippen LogP contribution < -0.4 is 5.32 Å². The van der Waals surface area contributed by atoms with Gasteiger partial charge in [0.25, 0.3) is 0 Å². The highest BCUT2D eigenvalue weighted by atomic mass is 16.3. The van der Waals surface area contributed by atoms with E-state index < -0.39 is 5.54 Å². The summed E-state index contributed by atoms with van der Waals surface area (Å²) in [6.45, 7) is 6.63. The van der Waals surface area contributed by atoms with Gasteiger partial charge in [0.15, 0.2) is 0 Å². The predicted molar refractivity (Wildman–Crippen MR) is 71.3 cm³/mol. The van der Waals surface area contributed by atoms with Crippen LogP contribution in [0.3, 0.4) is 0 Å². The zero-order valence-electron chi connectivity index (χ0n) is 11.8. The second-order valence-corrected chi connectivity index (χ2v) is 5.17. The van der Waals surface area contributed by atoms with Crippen molar-refractivity contribution in [1.29, 1.82) is 0 Å². The molecule has 0 fully saturated rings. The second-order valence-electron chi connectivity index (χ2n) is 5.17. The summed E-state index contributed by atoms with van der Waals surface area (Å²) in [5.74, 6) is 0.363. The normalized spacial score (nSPS) is 12.4. The van der Waals surface area contributed by atoms with Crippen LogP contribution in [0, 0.1) is 0 Å². The summed E-state index contributed by atoms with van der Waals surface area (Å²) in [4.78, 5) is 0. The first-order valence-corrected chi connectivity index (χ1v) is 6.47. The Morgan fingerprint density at radius 1 is 1.39 bits per heavy atom. The Bertz CT molecular complexity index is 362. The third-order valence-corrected chi connectivity index (χ3v) is 3.42. The van der Waals surface area contributed by atoms with E-state index >= 15 is 0 Å². The van der Waals surface area contributed by atoms with Crippen LogP contribution in [0.4, 0.5) is 0 Å². The molecular formula is C13H25N3O2. The molecule has 104 valence electrons. The molecule has 0 aromatic carbocycles. The lowest BCUT2D eigenvalue weighted by Gasteiger charge is -2.29. The zero-order valence-corrected chi connectivity index (χ0v) is 11.8. The second kappa shape index (κ2) is 6.31. The molecule has 0 atom stereocenters. The summed E-state index contributed by atoms with van der Waals surface area (Å²) in [5.41, 5.74) is 1.57. The fraction of sp³-hybridized carbons (Fsp3) is 0.769. The molecule has 0 saturated heterocycles. The molecule has 3 N–H and O–H groups in total. The average Bonchev–Trinajstić information content (AvgIpc) is 2.73. The highest BCUT2D eigenvalue weighted by Crippen LogP contribution is 2.18. The van der Waals surface area contributed by atoms with Crippen molar-refractivity contribution in [2.75, 3.05) is 13.2 Å². The molecule has 0 aliphatic carbocycles. The van der Waals surface area contributed by atoms with Crippen LogP contribution in [-0.2, 0) is 13.6 Å². The first-order chi connectivity index (χ1) is 8.48. The van der Waals surface area contributed by atoms with Crippen molar-refractivity contribution in [3.05, 3.63) is 17.5 Å². The number of hydrogen-bond donors (Lipinski definition) is 3. The summed E-state index contributed by atoms with van der Waals surface area (Å²) < 4.78 is 1.80. The number of aryl methyl sites for hydroxylation is 1. The number of aromatic nitrogens is 2. The lowest BCUT2D eigenvalue weighted by atomic mass is 9.97. The summed E-state index contributed by atoms with van der Waals surface area (Å²) in [5, 5.41) is 26.5. The largest absolute Gasteiger partial charge is 0.394 e. The Morgan fingerprint density at radius 2 is 2.00 bits per heavy atom. The maximum Gasteiger partial charge on any atom is 0.0694 e. The Kier molecular flexibility index (Phi) is 5.31. The van der Waals surface area contributed by atoms with Crippen molar-refractivity contribution in [1.82, 2.24) is 15.1 Å². The standard InChI is InChI=1S/C13H25N3O2/c1-5-13(8-17,9-18)14-6-11-7-16(4)15-12(11)10(2)3/h7,10,14,17-18H,5-6,8-9H2,1-4H3. The van der Waals surface area contributed by atoms with Crippen LogP contribution in [0.1, 0.15) is 44.4 Å². The number of nitrogens with zero attached hydrogens (tertiary/aromatic N) is 2. The first-order valence-electron chi connectivity index (χ1n) is 6.47. The van der Waals surface area contributed by atoms with Crippen molar-refractivity contribution in [3.63, 3.8) is 0 Å². The monoisotopic (exact) mass is 255 g/mol. The summed E-state index contributed by atoms with van der Waals surface area (Å²) >= 11 is 0. The molecule has 1 aromatic rings. The van der Waals surface area contributed by atoms with E-state index in [1.165, 1.54) is 0 Å². The quantitative estimate of drug-likeness (QED) is 0.673. The summed E-state index contributed by atoms with van der Waals surface area (Å²) in [6, 6.07) is 0. The predicted octanol–water partition coefficient (Wildman–Crippen LogP) is 0.766. The van der Waals surface area contributed by atoms with Crippen molar-refractivity contribution in [2.24, 2.45) is 7.05 Å². The van der Waals surface area contributed by atoms with Crippen LogP contribution in [0.2, 0.25) is 0 Å². The van der Waals surface area contributed by atoms with Gasteiger partial charge in [-0.05, 0) is 12.3 Å². The number of nitrogens with one attached hydrogen (secondary N) is 1. The highest BCUT2D eigenvalue weighted by Gasteiger charge is 2.26. The Balaban J connectivity index is 2.79. The maximum atomic E-state index is 9.39. The van der Waals surface area contributed by atoms with E-state index in [1.54, 1.807) is 4.68 Å². The van der Waals surface area contributed by atoms with E-state index in [2.05, 4.69) is 24.3 Å². The fourth-order valence-corrected chi connectivity index (χ4v) is 1.97. The van der Waals surface area contributed by atoms with Crippen molar-refractivity contribution in [3.8, 4) is 0 Å². The Labute approximate surface area is 109 Å². The van der Waals surface area contributed by atoms with Gasteiger partial charge in [0, 0.05) is 25.4 Å². The Morgan fingerprint density at radius 3 is 2.44 bits per heavy atom. The summed E-state index contributed by atoms with van der Waals surface area (Å²) in [7, 11) is 1.90. The van der Waals surface area contributed by atoms with Gasteiger partial charge in [-0.15, -0.1) is 0 Å². The van der Waals surface area contributed by atoms with Gasteiger partial charge in [0.2, 0.25) is 0 Å². The topological polar surface area (TPSA) is 70.3 Å². The smallest absolute Gasteiger partial charge is 0.0694 e. The minimum atomic E-state index is -0.607. The van der Waals surface area contributed by atoms with Gasteiger partial charge in [0.1, 0.15) is 0 Å². The summed E-state index contributed by atoms with van der Waals surface area (Å²) in [6.07, 6.45) is 2.66. The minimum Gasteiger partial charge on any atom is -0.394 e. The molecule has 5 heteroatoms. The van der Waals surface area contributed by atoms with E-state index in [1.807, 2.05) is 20.2 Å². The molecule has 0 radical (unpaired) electrons. The van der Waals surface area contributed by atoms with Crippen molar-refractivity contribution in [2.45, 2.75) is 45.2 Å². The van der Waals surface area contributed by atoms with Gasteiger partial charge in [0.05, 0.1) is 24.4 Å². The van der Waals surface area contributed by atoms with Crippen LogP contribution >= 0.6 is 0 Å². The van der Waals surface area contributed by atoms with E-state index in [9.17, 15) is 10.2 Å². The lowest BCUT2D eigenvalue weighted by molar-refractivity contribution is 0.0863. The molecule has 1 rings (SSSR count). The van der Waals surface area contributed by atoms with Gasteiger partial charge < -0.3 is 15.5 Å². The zero-order chi connectivity index (χ0) is 13.8. The SMILES string of the molecule is CCC(CO)(CO)NCc1cn(C)nc1C(C)C. The van der Waals surface area contributed by atoms with Crippen LogP contribution in [0.15, 0.2) is 6.20 Å². The fourth-order valence-electron chi connectivity index (χ4n) is 1.97. The van der Waals surface area contributed by atoms with Gasteiger partial charge in [-0.25, -0.2) is 0 Å². The molecule has 0 spiro atoms. The molecule has 0 saturated carbocycles. The number of aliphatic hydroxyl groups excluding tert-OH is 2. The maximum absolute atomic E-state index is 9.39. The van der Waals surface area contributed by atoms with E-state index in [0.717, 1.165) is 11.3 Å². The molecule has 1 aromatic heterocycles. The lowest BCUT2D eigenvalue weighted by Crippen LogP contribution is -2.50. The van der Waals surface area contributed by atoms with Crippen LogP contribution in [-0.4, -0.2) is 38.7 Å². The van der Waals surface area contributed by atoms with Gasteiger partial charge in [-0.2, -0.15) is 5.10 Å². The molecule has 5 nitrogen and oxygen atoms in total. The molecule has 0 aliphatic rings. The molecule has 0 unspecified atom stereocenters. The van der Waals surface area contributed by atoms with Gasteiger partial charge in [-0.1, -0.05) is 20.8 Å². The third kappa shape index (κ3) is 3.31. The average molecular weight is 255 g/mol. The van der Waals surface area contributed by atoms with E-state index in [0.29, 0.717) is 18.9 Å². The molecule has 0 bridgehead atoms.